The minimum Gasteiger partial charge on any atom is -0.398 e. The average molecular weight is 276 g/mol. The summed E-state index contributed by atoms with van der Waals surface area (Å²) in [5.74, 6) is 0. The molecule has 0 aliphatic carbocycles. The first-order chi connectivity index (χ1) is 7.06. The van der Waals surface area contributed by atoms with Crippen molar-refractivity contribution in [2.24, 2.45) is 0 Å². The van der Waals surface area contributed by atoms with Crippen molar-refractivity contribution < 1.29 is 15.3 Å². The maximum absolute atomic E-state index is 9.76. The van der Waals surface area contributed by atoms with Crippen LogP contribution in [0.1, 0.15) is 18.1 Å². The zero-order valence-corrected chi connectivity index (χ0v) is 9.68. The number of nitrogens with two attached hydrogens (primary N) is 1. The highest BCUT2D eigenvalue weighted by Gasteiger charge is 2.20. The number of halogens is 1. The summed E-state index contributed by atoms with van der Waals surface area (Å²) in [5.41, 5.74) is 6.55. The van der Waals surface area contributed by atoms with Gasteiger partial charge in [0.15, 0.2) is 0 Å². The summed E-state index contributed by atoms with van der Waals surface area (Å²) in [5, 5.41) is 27.9. The molecule has 2 unspecified atom stereocenters. The lowest BCUT2D eigenvalue weighted by atomic mass is 10.0. The Morgan fingerprint density at radius 1 is 1.33 bits per heavy atom. The Labute approximate surface area is 96.5 Å². The normalized spacial score (nSPS) is 14.9. The molecule has 0 heterocycles. The predicted molar refractivity (Wildman–Crippen MR) is 61.2 cm³/mol. The molecular formula is C10H14BrNO3. The maximum Gasteiger partial charge on any atom is 0.107 e. The lowest BCUT2D eigenvalue weighted by molar-refractivity contribution is 0.00458. The van der Waals surface area contributed by atoms with Gasteiger partial charge in [0.05, 0.1) is 6.10 Å². The SMILES string of the molecule is Nc1ccc(Br)cc1C(O)C(O)CCO. The molecule has 0 bridgehead atoms. The highest BCUT2D eigenvalue weighted by atomic mass is 79.9. The Hall–Kier alpha value is -0.620. The monoisotopic (exact) mass is 275 g/mol. The third-order valence-corrected chi connectivity index (χ3v) is 2.65. The highest BCUT2D eigenvalue weighted by Crippen LogP contribution is 2.27. The largest absolute Gasteiger partial charge is 0.398 e. The summed E-state index contributed by atoms with van der Waals surface area (Å²) in [7, 11) is 0. The fourth-order valence-corrected chi connectivity index (χ4v) is 1.68. The van der Waals surface area contributed by atoms with Crippen LogP contribution in [0.4, 0.5) is 5.69 Å². The smallest absolute Gasteiger partial charge is 0.107 e. The number of rotatable bonds is 4. The van der Waals surface area contributed by atoms with Gasteiger partial charge in [0.25, 0.3) is 0 Å². The van der Waals surface area contributed by atoms with Crippen molar-refractivity contribution in [2.75, 3.05) is 12.3 Å². The summed E-state index contributed by atoms with van der Waals surface area (Å²) in [4.78, 5) is 0. The van der Waals surface area contributed by atoms with Crippen LogP contribution >= 0.6 is 15.9 Å². The van der Waals surface area contributed by atoms with E-state index in [9.17, 15) is 10.2 Å². The van der Waals surface area contributed by atoms with Crippen LogP contribution in [0, 0.1) is 0 Å². The molecule has 0 radical (unpaired) electrons. The molecule has 15 heavy (non-hydrogen) atoms. The second-order valence-corrected chi connectivity index (χ2v) is 4.21. The molecule has 0 aromatic heterocycles. The summed E-state index contributed by atoms with van der Waals surface area (Å²) >= 11 is 3.26. The van der Waals surface area contributed by atoms with Gasteiger partial charge in [-0.3, -0.25) is 0 Å². The van der Waals surface area contributed by atoms with Crippen molar-refractivity contribution in [1.82, 2.24) is 0 Å². The summed E-state index contributed by atoms with van der Waals surface area (Å²) in [6, 6.07) is 5.05. The van der Waals surface area contributed by atoms with Gasteiger partial charge in [-0.1, -0.05) is 15.9 Å². The standard InChI is InChI=1S/C10H14BrNO3/c11-6-1-2-8(12)7(5-6)10(15)9(14)3-4-13/h1-2,5,9-10,13-15H,3-4,12H2. The number of hydrogen-bond donors (Lipinski definition) is 4. The highest BCUT2D eigenvalue weighted by molar-refractivity contribution is 9.10. The van der Waals surface area contributed by atoms with Crippen molar-refractivity contribution >= 4 is 21.6 Å². The third kappa shape index (κ3) is 3.17. The Morgan fingerprint density at radius 3 is 2.60 bits per heavy atom. The maximum atomic E-state index is 9.76. The van der Waals surface area contributed by atoms with Gasteiger partial charge in [0, 0.05) is 22.3 Å². The fraction of sp³-hybridized carbons (Fsp3) is 0.400. The lowest BCUT2D eigenvalue weighted by Crippen LogP contribution is -2.20. The van der Waals surface area contributed by atoms with Gasteiger partial charge < -0.3 is 21.1 Å². The molecule has 0 saturated heterocycles. The quantitative estimate of drug-likeness (QED) is 0.613. The number of anilines is 1. The molecule has 0 aliphatic rings. The number of aliphatic hydroxyl groups is 3. The van der Waals surface area contributed by atoms with Crippen molar-refractivity contribution in [3.05, 3.63) is 28.2 Å². The van der Waals surface area contributed by atoms with E-state index in [1.54, 1.807) is 18.2 Å². The predicted octanol–water partition coefficient (Wildman–Crippen LogP) is 0.808. The van der Waals surface area contributed by atoms with Crippen molar-refractivity contribution in [2.45, 2.75) is 18.6 Å². The third-order valence-electron chi connectivity index (χ3n) is 2.16. The number of aliphatic hydroxyl groups excluding tert-OH is 3. The molecule has 5 heteroatoms. The molecule has 4 nitrogen and oxygen atoms in total. The van der Waals surface area contributed by atoms with Crippen molar-refractivity contribution in [3.8, 4) is 0 Å². The van der Waals surface area contributed by atoms with E-state index in [-0.39, 0.29) is 13.0 Å². The first-order valence-electron chi connectivity index (χ1n) is 4.58. The Balaban J connectivity index is 2.89. The Bertz CT molecular complexity index is 332. The average Bonchev–Trinajstić information content (AvgIpc) is 2.21. The molecule has 1 rings (SSSR count). The van der Waals surface area contributed by atoms with Gasteiger partial charge in [-0.05, 0) is 24.6 Å². The first kappa shape index (κ1) is 12.4. The number of hydrogen-bond acceptors (Lipinski definition) is 4. The molecule has 0 spiro atoms. The van der Waals surface area contributed by atoms with Gasteiger partial charge in [-0.25, -0.2) is 0 Å². The zero-order chi connectivity index (χ0) is 11.4. The van der Waals surface area contributed by atoms with Crippen LogP contribution in [-0.2, 0) is 0 Å². The van der Waals surface area contributed by atoms with E-state index < -0.39 is 12.2 Å². The van der Waals surface area contributed by atoms with Gasteiger partial charge in [-0.15, -0.1) is 0 Å². The number of nitrogen functional groups attached to an aromatic ring is 1. The first-order valence-corrected chi connectivity index (χ1v) is 5.37. The summed E-state index contributed by atoms with van der Waals surface area (Å²) in [6.45, 7) is -0.174. The van der Waals surface area contributed by atoms with E-state index in [0.717, 1.165) is 4.47 Å². The molecule has 1 aromatic rings. The van der Waals surface area contributed by atoms with E-state index in [1.165, 1.54) is 0 Å². The van der Waals surface area contributed by atoms with Crippen molar-refractivity contribution in [3.63, 3.8) is 0 Å². The van der Waals surface area contributed by atoms with Gasteiger partial charge in [0.2, 0.25) is 0 Å². The number of benzene rings is 1. The minimum atomic E-state index is -1.07. The van der Waals surface area contributed by atoms with E-state index in [1.807, 2.05) is 0 Å². The topological polar surface area (TPSA) is 86.7 Å². The Morgan fingerprint density at radius 2 is 2.00 bits per heavy atom. The molecule has 1 aromatic carbocycles. The molecule has 2 atom stereocenters. The van der Waals surface area contributed by atoms with Crippen LogP contribution in [-0.4, -0.2) is 28.0 Å². The van der Waals surface area contributed by atoms with Crippen molar-refractivity contribution in [1.29, 1.82) is 0 Å². The molecule has 0 aliphatic heterocycles. The van der Waals surface area contributed by atoms with Crippen LogP contribution in [0.5, 0.6) is 0 Å². The second kappa shape index (κ2) is 5.46. The van der Waals surface area contributed by atoms with Crippen LogP contribution in [0.15, 0.2) is 22.7 Å². The zero-order valence-electron chi connectivity index (χ0n) is 8.10. The molecule has 0 fully saturated rings. The van der Waals surface area contributed by atoms with Crippen LogP contribution < -0.4 is 5.73 Å². The van der Waals surface area contributed by atoms with E-state index >= 15 is 0 Å². The van der Waals surface area contributed by atoms with Crippen LogP contribution in [0.25, 0.3) is 0 Å². The summed E-state index contributed by atoms with van der Waals surface area (Å²) in [6.07, 6.45) is -1.96. The minimum absolute atomic E-state index is 0.118. The molecule has 5 N–H and O–H groups in total. The van der Waals surface area contributed by atoms with Crippen LogP contribution in [0.2, 0.25) is 0 Å². The molecular weight excluding hydrogens is 262 g/mol. The van der Waals surface area contributed by atoms with E-state index in [4.69, 9.17) is 10.8 Å². The molecule has 84 valence electrons. The van der Waals surface area contributed by atoms with Gasteiger partial charge in [-0.2, -0.15) is 0 Å². The summed E-state index contributed by atoms with van der Waals surface area (Å²) < 4.78 is 0.780. The second-order valence-electron chi connectivity index (χ2n) is 3.30. The van der Waals surface area contributed by atoms with E-state index in [2.05, 4.69) is 15.9 Å². The van der Waals surface area contributed by atoms with E-state index in [0.29, 0.717) is 11.3 Å². The molecule has 0 saturated carbocycles. The van der Waals surface area contributed by atoms with Gasteiger partial charge >= 0.3 is 0 Å². The fourth-order valence-electron chi connectivity index (χ4n) is 1.30. The van der Waals surface area contributed by atoms with Crippen LogP contribution in [0.3, 0.4) is 0 Å². The molecule has 0 amide bonds. The van der Waals surface area contributed by atoms with Gasteiger partial charge in [0.1, 0.15) is 6.10 Å². The Kier molecular flexibility index (Phi) is 4.53. The lowest BCUT2D eigenvalue weighted by Gasteiger charge is -2.19.